The van der Waals surface area contributed by atoms with Gasteiger partial charge in [0.15, 0.2) is 6.10 Å². The fourth-order valence-electron chi connectivity index (χ4n) is 4.25. The molecule has 9 nitrogen and oxygen atoms in total. The molecule has 1 spiro atoms. The summed E-state index contributed by atoms with van der Waals surface area (Å²) < 4.78 is 166. The first-order valence-corrected chi connectivity index (χ1v) is 11.0. The molecule has 1 N–H and O–H groups in total. The molecule has 0 amide bonds. The predicted molar refractivity (Wildman–Crippen MR) is 87.7 cm³/mol. The lowest BCUT2D eigenvalue weighted by Crippen LogP contribution is -2.57. The van der Waals surface area contributed by atoms with Crippen molar-refractivity contribution in [2.45, 2.75) is 60.5 Å². The summed E-state index contributed by atoms with van der Waals surface area (Å²) in [5.74, 6) is -22.4. The Morgan fingerprint density at radius 2 is 1.60 bits per heavy atom. The number of fused-ring (bicyclic) bond motifs is 3. The summed E-state index contributed by atoms with van der Waals surface area (Å²) >= 11 is 0. The van der Waals surface area contributed by atoms with Gasteiger partial charge in [-0.3, -0.25) is 4.55 Å². The molecule has 3 fully saturated rings. The van der Waals surface area contributed by atoms with Gasteiger partial charge in [-0.25, -0.2) is 9.59 Å². The van der Waals surface area contributed by atoms with E-state index in [-0.39, 0.29) is 12.8 Å². The maximum atomic E-state index is 13.6. The van der Waals surface area contributed by atoms with Crippen molar-refractivity contribution in [2.24, 2.45) is 11.8 Å². The molecule has 1 saturated heterocycles. The van der Waals surface area contributed by atoms with Crippen molar-refractivity contribution in [2.75, 3.05) is 13.2 Å². The Balaban J connectivity index is 1.70. The molecular formula is C16H15F9O9S. The molecule has 35 heavy (non-hydrogen) atoms. The lowest BCUT2D eigenvalue weighted by atomic mass is 9.91. The van der Waals surface area contributed by atoms with Gasteiger partial charge in [-0.05, 0) is 19.3 Å². The van der Waals surface area contributed by atoms with E-state index in [1.807, 2.05) is 0 Å². The highest BCUT2D eigenvalue weighted by molar-refractivity contribution is 7.87. The van der Waals surface area contributed by atoms with Gasteiger partial charge in [0.1, 0.15) is 12.7 Å². The van der Waals surface area contributed by atoms with E-state index in [1.165, 1.54) is 0 Å². The standard InChI is InChI=1S/C16H15F9O9S/c17-13(18,15(21,22)16(23,24)25)10(26)31-4-8-5-32-12(34-8)7-2-1-6(3-7)9(12)33-11(27)14(19,20)35(28,29)30/h6-9H,1-5H2,(H,28,29,30). The van der Waals surface area contributed by atoms with Crippen LogP contribution in [0, 0.1) is 11.8 Å². The van der Waals surface area contributed by atoms with Crippen LogP contribution in [0.2, 0.25) is 0 Å². The first-order chi connectivity index (χ1) is 15.7. The van der Waals surface area contributed by atoms with Gasteiger partial charge in [-0.2, -0.15) is 47.9 Å². The van der Waals surface area contributed by atoms with Crippen LogP contribution in [0.5, 0.6) is 0 Å². The average Bonchev–Trinajstić information content (AvgIpc) is 3.41. The molecule has 0 aromatic carbocycles. The third-order valence-electron chi connectivity index (χ3n) is 5.92. The summed E-state index contributed by atoms with van der Waals surface area (Å²) in [6.07, 6.45) is -9.35. The van der Waals surface area contributed by atoms with E-state index in [9.17, 15) is 57.5 Å². The largest absolute Gasteiger partial charge is 0.465 e. The molecular weight excluding hydrogens is 539 g/mol. The van der Waals surface area contributed by atoms with Crippen LogP contribution in [-0.4, -0.2) is 79.4 Å². The van der Waals surface area contributed by atoms with Gasteiger partial charge in [0.2, 0.25) is 5.79 Å². The van der Waals surface area contributed by atoms with Crippen LogP contribution < -0.4 is 0 Å². The minimum Gasteiger partial charge on any atom is -0.458 e. The second kappa shape index (κ2) is 8.34. The Morgan fingerprint density at radius 1 is 1.00 bits per heavy atom. The minimum atomic E-state index is -6.78. The highest BCUT2D eigenvalue weighted by Crippen LogP contribution is 2.57. The average molecular weight is 554 g/mol. The number of carbonyl (C=O) groups excluding carboxylic acids is 2. The molecule has 1 heterocycles. The van der Waals surface area contributed by atoms with Crippen LogP contribution in [0.1, 0.15) is 19.3 Å². The summed E-state index contributed by atoms with van der Waals surface area (Å²) in [5.41, 5.74) is 0. The number of carbonyl (C=O) groups is 2. The lowest BCUT2D eigenvalue weighted by Gasteiger charge is -2.38. The molecule has 3 aliphatic rings. The van der Waals surface area contributed by atoms with E-state index in [4.69, 9.17) is 14.0 Å². The SMILES string of the molecule is O=C(OCC1COC2(O1)C1CCC(C1)C2OC(=O)C(F)(F)S(=O)(=O)O)C(F)(F)C(F)(F)C(F)(F)F. The lowest BCUT2D eigenvalue weighted by molar-refractivity contribution is -0.348. The van der Waals surface area contributed by atoms with Gasteiger partial charge >= 0.3 is 45.3 Å². The fraction of sp³-hybridized carbons (Fsp3) is 0.875. The van der Waals surface area contributed by atoms with Crippen LogP contribution in [0.15, 0.2) is 0 Å². The van der Waals surface area contributed by atoms with E-state index in [1.54, 1.807) is 0 Å². The summed E-state index contributed by atoms with van der Waals surface area (Å²) in [6.45, 7) is -2.01. The Bertz CT molecular complexity index is 983. The molecule has 0 radical (unpaired) electrons. The fourth-order valence-corrected chi connectivity index (χ4v) is 4.51. The molecule has 2 aliphatic carbocycles. The van der Waals surface area contributed by atoms with Crippen LogP contribution >= 0.6 is 0 Å². The molecule has 202 valence electrons. The Hall–Kier alpha value is -1.86. The highest BCUT2D eigenvalue weighted by Gasteiger charge is 2.77. The van der Waals surface area contributed by atoms with Crippen molar-refractivity contribution >= 4 is 22.1 Å². The molecule has 2 saturated carbocycles. The summed E-state index contributed by atoms with van der Waals surface area (Å²) in [7, 11) is -6.22. The Labute approximate surface area is 189 Å². The molecule has 0 aromatic rings. The van der Waals surface area contributed by atoms with Crippen LogP contribution in [0.4, 0.5) is 39.5 Å². The van der Waals surface area contributed by atoms with E-state index in [2.05, 4.69) is 9.47 Å². The van der Waals surface area contributed by atoms with E-state index >= 15 is 0 Å². The van der Waals surface area contributed by atoms with Crippen molar-refractivity contribution < 1.29 is 81.0 Å². The van der Waals surface area contributed by atoms with Gasteiger partial charge < -0.3 is 18.9 Å². The van der Waals surface area contributed by atoms with Crippen LogP contribution in [0.25, 0.3) is 0 Å². The number of esters is 2. The smallest absolute Gasteiger partial charge is 0.458 e. The third kappa shape index (κ3) is 4.33. The minimum absolute atomic E-state index is 0.137. The zero-order chi connectivity index (χ0) is 26.8. The van der Waals surface area contributed by atoms with Gasteiger partial charge in [-0.15, -0.1) is 0 Å². The van der Waals surface area contributed by atoms with Gasteiger partial charge in [0, 0.05) is 11.8 Å². The quantitative estimate of drug-likeness (QED) is 0.287. The number of hydrogen-bond acceptors (Lipinski definition) is 8. The monoisotopic (exact) mass is 554 g/mol. The maximum Gasteiger partial charge on any atom is 0.465 e. The number of halogens is 9. The van der Waals surface area contributed by atoms with Crippen molar-refractivity contribution in [3.05, 3.63) is 0 Å². The van der Waals surface area contributed by atoms with Crippen molar-refractivity contribution in [3.8, 4) is 0 Å². The zero-order valence-corrected chi connectivity index (χ0v) is 17.7. The molecule has 19 heteroatoms. The predicted octanol–water partition coefficient (Wildman–Crippen LogP) is 2.30. The second-order valence-electron chi connectivity index (χ2n) is 8.11. The van der Waals surface area contributed by atoms with Gasteiger partial charge in [0.05, 0.1) is 6.61 Å². The van der Waals surface area contributed by atoms with Crippen molar-refractivity contribution in [1.29, 1.82) is 0 Å². The molecule has 2 bridgehead atoms. The van der Waals surface area contributed by atoms with Gasteiger partial charge in [-0.1, -0.05) is 0 Å². The van der Waals surface area contributed by atoms with E-state index < -0.39 is 88.4 Å². The first-order valence-electron chi connectivity index (χ1n) is 9.55. The number of rotatable bonds is 7. The number of ether oxygens (including phenoxy) is 4. The zero-order valence-electron chi connectivity index (χ0n) is 16.9. The topological polar surface area (TPSA) is 125 Å². The van der Waals surface area contributed by atoms with Crippen LogP contribution in [0.3, 0.4) is 0 Å². The third-order valence-corrected chi connectivity index (χ3v) is 6.73. The normalized spacial score (nSPS) is 31.7. The molecule has 1 aliphatic heterocycles. The Kier molecular flexibility index (Phi) is 6.60. The van der Waals surface area contributed by atoms with Gasteiger partial charge in [0.25, 0.3) is 0 Å². The molecule has 5 atom stereocenters. The molecule has 0 aromatic heterocycles. The Morgan fingerprint density at radius 3 is 2.14 bits per heavy atom. The first kappa shape index (κ1) is 27.7. The molecule has 3 rings (SSSR count). The van der Waals surface area contributed by atoms with E-state index in [0.29, 0.717) is 6.42 Å². The van der Waals surface area contributed by atoms with Crippen LogP contribution in [-0.2, 0) is 38.7 Å². The summed E-state index contributed by atoms with van der Waals surface area (Å²) in [6, 6.07) is 0. The second-order valence-corrected chi connectivity index (χ2v) is 9.57. The number of alkyl halides is 9. The van der Waals surface area contributed by atoms with Crippen molar-refractivity contribution in [1.82, 2.24) is 0 Å². The van der Waals surface area contributed by atoms with Crippen molar-refractivity contribution in [3.63, 3.8) is 0 Å². The molecule has 5 unspecified atom stereocenters. The summed E-state index contributed by atoms with van der Waals surface area (Å²) in [4.78, 5) is 23.0. The number of hydrogen-bond donors (Lipinski definition) is 1. The highest BCUT2D eigenvalue weighted by atomic mass is 32.2. The van der Waals surface area contributed by atoms with E-state index in [0.717, 1.165) is 0 Å². The summed E-state index contributed by atoms with van der Waals surface area (Å²) in [5, 5.41) is -5.36. The maximum absolute atomic E-state index is 13.6.